The summed E-state index contributed by atoms with van der Waals surface area (Å²) in [5, 5.41) is 0. The predicted molar refractivity (Wildman–Crippen MR) is 73.3 cm³/mol. The highest BCUT2D eigenvalue weighted by Gasteiger charge is 2.19. The average molecular weight is 277 g/mol. The molecule has 3 nitrogen and oxygen atoms in total. The zero-order valence-electron chi connectivity index (χ0n) is 10.5. The third kappa shape index (κ3) is 3.17. The van der Waals surface area contributed by atoms with Gasteiger partial charge in [0.15, 0.2) is 11.5 Å². The maximum Gasteiger partial charge on any atom is 0.164 e. The van der Waals surface area contributed by atoms with E-state index in [4.69, 9.17) is 25.5 Å². The molecule has 0 radical (unpaired) electrons. The van der Waals surface area contributed by atoms with Gasteiger partial charge in [-0.3, -0.25) is 0 Å². The van der Waals surface area contributed by atoms with Crippen LogP contribution in [0.3, 0.4) is 0 Å². The van der Waals surface area contributed by atoms with E-state index < -0.39 is 0 Å². The predicted octanol–water partition coefficient (Wildman–Crippen LogP) is 4.00. The summed E-state index contributed by atoms with van der Waals surface area (Å²) in [5.74, 6) is 2.18. The molecule has 96 valence electrons. The molecule has 0 aromatic heterocycles. The molecule has 2 unspecified atom stereocenters. The van der Waals surface area contributed by atoms with Crippen LogP contribution in [-0.4, -0.2) is 21.3 Å². The van der Waals surface area contributed by atoms with Gasteiger partial charge in [-0.05, 0) is 20.4 Å². The molecular weight excluding hydrogens is 259 g/mol. The molecule has 0 saturated heterocycles. The van der Waals surface area contributed by atoms with Gasteiger partial charge in [0.1, 0.15) is 5.75 Å². The van der Waals surface area contributed by atoms with Crippen molar-refractivity contribution >= 4 is 19.2 Å². The van der Waals surface area contributed by atoms with E-state index in [0.29, 0.717) is 13.7 Å². The van der Waals surface area contributed by atoms with Crippen LogP contribution in [0.4, 0.5) is 0 Å². The van der Waals surface area contributed by atoms with Crippen molar-refractivity contribution in [2.24, 2.45) is 0 Å². The zero-order valence-corrected chi connectivity index (χ0v) is 12.3. The van der Waals surface area contributed by atoms with Crippen molar-refractivity contribution in [1.82, 2.24) is 0 Å². The van der Waals surface area contributed by atoms with E-state index in [2.05, 4.69) is 6.92 Å². The van der Waals surface area contributed by atoms with Crippen LogP contribution in [0.1, 0.15) is 24.6 Å². The highest BCUT2D eigenvalue weighted by Crippen LogP contribution is 2.48. The number of halogens is 1. The first kappa shape index (κ1) is 14.4. The minimum Gasteiger partial charge on any atom is -0.497 e. The van der Waals surface area contributed by atoms with Gasteiger partial charge in [0.2, 0.25) is 0 Å². The smallest absolute Gasteiger partial charge is 0.164 e. The molecule has 5 heteroatoms. The van der Waals surface area contributed by atoms with Crippen LogP contribution in [0.5, 0.6) is 17.2 Å². The van der Waals surface area contributed by atoms with E-state index >= 15 is 0 Å². The SMILES string of the molecule is CCC(PCl)c1cc(OC)cc(OC)c1OC. The average Bonchev–Trinajstić information content (AvgIpc) is 2.39. The number of methoxy groups -OCH3 is 3. The van der Waals surface area contributed by atoms with Gasteiger partial charge in [0.25, 0.3) is 0 Å². The van der Waals surface area contributed by atoms with Crippen molar-refractivity contribution in [1.29, 1.82) is 0 Å². The van der Waals surface area contributed by atoms with Crippen LogP contribution >= 0.6 is 19.2 Å². The number of benzene rings is 1. The molecule has 17 heavy (non-hydrogen) atoms. The largest absolute Gasteiger partial charge is 0.497 e. The van der Waals surface area contributed by atoms with Crippen LogP contribution in [0.15, 0.2) is 12.1 Å². The topological polar surface area (TPSA) is 27.7 Å². The molecule has 2 atom stereocenters. The van der Waals surface area contributed by atoms with Gasteiger partial charge in [-0.15, -0.1) is 0 Å². The summed E-state index contributed by atoms with van der Waals surface area (Å²) in [5.41, 5.74) is 1.30. The van der Waals surface area contributed by atoms with Gasteiger partial charge in [0.05, 0.1) is 21.3 Å². The Kier molecular flexibility index (Phi) is 5.87. The van der Waals surface area contributed by atoms with Gasteiger partial charge in [-0.1, -0.05) is 18.2 Å². The second-order valence-corrected chi connectivity index (χ2v) is 5.09. The molecule has 0 N–H and O–H groups in total. The van der Waals surface area contributed by atoms with Crippen molar-refractivity contribution < 1.29 is 14.2 Å². The highest BCUT2D eigenvalue weighted by atomic mass is 35.7. The summed E-state index contributed by atoms with van der Waals surface area (Å²) in [6.07, 6.45) is 0.953. The first-order valence-electron chi connectivity index (χ1n) is 5.37. The molecular formula is C12H18ClO3P. The van der Waals surface area contributed by atoms with E-state index in [1.165, 1.54) is 0 Å². The minimum atomic E-state index is 0.260. The summed E-state index contributed by atoms with van der Waals surface area (Å²) >= 11 is 6.01. The van der Waals surface area contributed by atoms with Crippen molar-refractivity contribution in [3.05, 3.63) is 17.7 Å². The maximum absolute atomic E-state index is 6.01. The molecule has 0 spiro atoms. The summed E-state index contributed by atoms with van der Waals surface area (Å²) in [4.78, 5) is 0. The Morgan fingerprint density at radius 1 is 1.18 bits per heavy atom. The quantitative estimate of drug-likeness (QED) is 0.735. The van der Waals surface area contributed by atoms with Gasteiger partial charge in [0, 0.05) is 17.3 Å². The summed E-state index contributed by atoms with van der Waals surface area (Å²) < 4.78 is 16.0. The van der Waals surface area contributed by atoms with E-state index in [1.54, 1.807) is 21.3 Å². The summed E-state index contributed by atoms with van der Waals surface area (Å²) in [6.45, 7) is 2.10. The van der Waals surface area contributed by atoms with Crippen LogP contribution in [0, 0.1) is 0 Å². The summed E-state index contributed by atoms with van der Waals surface area (Å²) in [7, 11) is 5.19. The highest BCUT2D eigenvalue weighted by molar-refractivity contribution is 7.68. The fourth-order valence-electron chi connectivity index (χ4n) is 1.70. The van der Waals surface area contributed by atoms with E-state index in [-0.39, 0.29) is 5.66 Å². The number of ether oxygens (including phenoxy) is 3. The first-order chi connectivity index (χ1) is 8.21. The molecule has 0 aliphatic rings. The van der Waals surface area contributed by atoms with Crippen LogP contribution in [0.25, 0.3) is 0 Å². The lowest BCUT2D eigenvalue weighted by molar-refractivity contribution is 0.345. The monoisotopic (exact) mass is 276 g/mol. The molecule has 0 amide bonds. The lowest BCUT2D eigenvalue weighted by atomic mass is 10.1. The standard InChI is InChI=1S/C12H18ClO3P/c1-5-11(17-13)9-6-8(14-2)7-10(15-3)12(9)16-4/h6-7,11,17H,5H2,1-4H3. The Morgan fingerprint density at radius 2 is 1.88 bits per heavy atom. The van der Waals surface area contributed by atoms with E-state index in [9.17, 15) is 0 Å². The molecule has 1 rings (SSSR count). The molecule has 0 aliphatic carbocycles. The lowest BCUT2D eigenvalue weighted by Gasteiger charge is -2.19. The maximum atomic E-state index is 6.01. The normalized spacial score (nSPS) is 12.8. The Labute approximate surface area is 109 Å². The van der Waals surface area contributed by atoms with Crippen LogP contribution in [-0.2, 0) is 0 Å². The van der Waals surface area contributed by atoms with Gasteiger partial charge < -0.3 is 14.2 Å². The molecule has 0 fully saturated rings. The second kappa shape index (κ2) is 6.93. The minimum absolute atomic E-state index is 0.260. The Bertz CT molecular complexity index is 367. The molecule has 1 aromatic carbocycles. The van der Waals surface area contributed by atoms with Gasteiger partial charge >= 0.3 is 0 Å². The number of rotatable bonds is 6. The van der Waals surface area contributed by atoms with E-state index in [0.717, 1.165) is 23.5 Å². The lowest BCUT2D eigenvalue weighted by Crippen LogP contribution is -1.99. The van der Waals surface area contributed by atoms with Crippen molar-refractivity contribution in [3.63, 3.8) is 0 Å². The molecule has 0 heterocycles. The fourth-order valence-corrected chi connectivity index (χ4v) is 3.00. The number of hydrogen-bond acceptors (Lipinski definition) is 3. The van der Waals surface area contributed by atoms with Gasteiger partial charge in [-0.2, -0.15) is 0 Å². The van der Waals surface area contributed by atoms with E-state index in [1.807, 2.05) is 12.1 Å². The molecule has 0 saturated carbocycles. The first-order valence-corrected chi connectivity index (χ1v) is 7.46. The third-order valence-electron chi connectivity index (χ3n) is 2.63. The van der Waals surface area contributed by atoms with Gasteiger partial charge in [-0.25, -0.2) is 0 Å². The molecule has 1 aromatic rings. The Morgan fingerprint density at radius 3 is 2.29 bits per heavy atom. The molecule has 0 bridgehead atoms. The number of hydrogen-bond donors (Lipinski definition) is 0. The second-order valence-electron chi connectivity index (χ2n) is 3.52. The Balaban J connectivity index is 3.32. The van der Waals surface area contributed by atoms with Crippen molar-refractivity contribution in [2.75, 3.05) is 21.3 Å². The summed E-state index contributed by atoms with van der Waals surface area (Å²) in [6, 6.07) is 3.78. The van der Waals surface area contributed by atoms with Crippen LogP contribution < -0.4 is 14.2 Å². The zero-order chi connectivity index (χ0) is 12.8. The van der Waals surface area contributed by atoms with Crippen molar-refractivity contribution in [2.45, 2.75) is 19.0 Å². The Hall–Kier alpha value is -0.660. The van der Waals surface area contributed by atoms with Crippen LogP contribution in [0.2, 0.25) is 0 Å². The third-order valence-corrected chi connectivity index (χ3v) is 4.41. The fraction of sp³-hybridized carbons (Fsp3) is 0.500. The molecule has 0 aliphatic heterocycles. The van der Waals surface area contributed by atoms with Crippen molar-refractivity contribution in [3.8, 4) is 17.2 Å².